The second-order valence-corrected chi connectivity index (χ2v) is 5.24. The zero-order valence-corrected chi connectivity index (χ0v) is 11.1. The second kappa shape index (κ2) is 5.40. The first-order valence-electron chi connectivity index (χ1n) is 5.42. The van der Waals surface area contributed by atoms with Gasteiger partial charge in [-0.25, -0.2) is 0 Å². The maximum absolute atomic E-state index is 5.57. The fourth-order valence-electron chi connectivity index (χ4n) is 1.28. The number of benzene rings is 1. The van der Waals surface area contributed by atoms with Crippen LogP contribution in [0.5, 0.6) is 5.75 Å². The summed E-state index contributed by atoms with van der Waals surface area (Å²) >= 11 is 5.56. The lowest BCUT2D eigenvalue weighted by Gasteiger charge is -2.19. The van der Waals surface area contributed by atoms with Gasteiger partial charge < -0.3 is 4.74 Å². The van der Waals surface area contributed by atoms with Crippen molar-refractivity contribution in [1.29, 1.82) is 0 Å². The van der Waals surface area contributed by atoms with Gasteiger partial charge in [0.25, 0.3) is 0 Å². The maximum Gasteiger partial charge on any atom is 0.119 e. The third kappa shape index (κ3) is 3.90. The summed E-state index contributed by atoms with van der Waals surface area (Å²) in [5, 5.41) is 0. The molecule has 16 heavy (non-hydrogen) atoms. The Hall–Kier alpha value is -0.950. The highest BCUT2D eigenvalue weighted by molar-refractivity contribution is 6.25. The highest BCUT2D eigenvalue weighted by Gasteiger charge is 2.12. The molecule has 0 saturated carbocycles. The summed E-state index contributed by atoms with van der Waals surface area (Å²) in [4.78, 5) is 0. The lowest BCUT2D eigenvalue weighted by atomic mass is 9.87. The molecule has 0 fully saturated rings. The van der Waals surface area contributed by atoms with Crippen LogP contribution in [0, 0.1) is 0 Å². The average Bonchev–Trinajstić information content (AvgIpc) is 2.25. The van der Waals surface area contributed by atoms with Crippen LogP contribution < -0.4 is 4.74 Å². The molecule has 0 atom stereocenters. The summed E-state index contributed by atoms with van der Waals surface area (Å²) in [6.45, 7) is 9.07. The molecule has 2 heteroatoms. The Kier molecular flexibility index (Phi) is 4.43. The summed E-state index contributed by atoms with van der Waals surface area (Å²) in [6, 6.07) is 8.22. The van der Waals surface area contributed by atoms with Crippen molar-refractivity contribution in [3.8, 4) is 5.75 Å². The molecule has 0 heterocycles. The van der Waals surface area contributed by atoms with Gasteiger partial charge in [-0.15, -0.1) is 0 Å². The SMILES string of the molecule is C/C(=C/Cl)COc1ccc(C(C)(C)C)cc1. The molecule has 0 radical (unpaired) electrons. The smallest absolute Gasteiger partial charge is 0.119 e. The number of ether oxygens (including phenoxy) is 1. The zero-order valence-electron chi connectivity index (χ0n) is 10.4. The van der Waals surface area contributed by atoms with Gasteiger partial charge in [0.2, 0.25) is 0 Å². The number of halogens is 1. The Balaban J connectivity index is 2.65. The van der Waals surface area contributed by atoms with Crippen molar-refractivity contribution in [2.45, 2.75) is 33.1 Å². The van der Waals surface area contributed by atoms with E-state index < -0.39 is 0 Å². The molecule has 0 aliphatic rings. The molecule has 0 aliphatic heterocycles. The third-order valence-corrected chi connectivity index (χ3v) is 2.75. The van der Waals surface area contributed by atoms with Crippen LogP contribution in [0.2, 0.25) is 0 Å². The van der Waals surface area contributed by atoms with Gasteiger partial charge >= 0.3 is 0 Å². The van der Waals surface area contributed by atoms with Gasteiger partial charge in [0.15, 0.2) is 0 Å². The molecule has 88 valence electrons. The minimum absolute atomic E-state index is 0.185. The van der Waals surface area contributed by atoms with E-state index in [-0.39, 0.29) is 5.41 Å². The molecule has 0 bridgehead atoms. The summed E-state index contributed by atoms with van der Waals surface area (Å²) in [5.74, 6) is 0.880. The second-order valence-electron chi connectivity index (χ2n) is 5.02. The summed E-state index contributed by atoms with van der Waals surface area (Å²) < 4.78 is 5.57. The van der Waals surface area contributed by atoms with E-state index in [9.17, 15) is 0 Å². The Labute approximate surface area is 103 Å². The summed E-state index contributed by atoms with van der Waals surface area (Å²) in [5.41, 5.74) is 4.06. The molecule has 0 spiro atoms. The van der Waals surface area contributed by atoms with Gasteiger partial charge in [0.05, 0.1) is 0 Å². The zero-order chi connectivity index (χ0) is 12.2. The van der Waals surface area contributed by atoms with Gasteiger partial charge in [0.1, 0.15) is 12.4 Å². The topological polar surface area (TPSA) is 9.23 Å². The molecule has 1 nitrogen and oxygen atoms in total. The first kappa shape index (κ1) is 13.1. The lowest BCUT2D eigenvalue weighted by molar-refractivity contribution is 0.352. The van der Waals surface area contributed by atoms with Crippen molar-refractivity contribution < 1.29 is 4.74 Å². The molecule has 0 aliphatic carbocycles. The van der Waals surface area contributed by atoms with Crippen molar-refractivity contribution in [2.75, 3.05) is 6.61 Å². The lowest BCUT2D eigenvalue weighted by Crippen LogP contribution is -2.10. The van der Waals surface area contributed by atoms with Crippen LogP contribution in [0.15, 0.2) is 35.4 Å². The van der Waals surface area contributed by atoms with Crippen molar-refractivity contribution in [3.05, 3.63) is 40.9 Å². The van der Waals surface area contributed by atoms with Gasteiger partial charge in [0, 0.05) is 5.54 Å². The van der Waals surface area contributed by atoms with Gasteiger partial charge in [-0.3, -0.25) is 0 Å². The van der Waals surface area contributed by atoms with Crippen LogP contribution in [0.25, 0.3) is 0 Å². The maximum atomic E-state index is 5.57. The predicted octanol–water partition coefficient (Wildman–Crippen LogP) is 4.51. The average molecular weight is 239 g/mol. The quantitative estimate of drug-likeness (QED) is 0.753. The molecule has 0 saturated heterocycles. The highest BCUT2D eigenvalue weighted by Crippen LogP contribution is 2.24. The molecule has 0 amide bonds. The number of hydrogen-bond donors (Lipinski definition) is 0. The molecule has 1 aromatic rings. The van der Waals surface area contributed by atoms with E-state index in [1.807, 2.05) is 19.1 Å². The molecule has 0 N–H and O–H groups in total. The van der Waals surface area contributed by atoms with E-state index >= 15 is 0 Å². The largest absolute Gasteiger partial charge is 0.489 e. The summed E-state index contributed by atoms with van der Waals surface area (Å²) in [7, 11) is 0. The molecular weight excluding hydrogens is 220 g/mol. The van der Waals surface area contributed by atoms with E-state index in [2.05, 4.69) is 32.9 Å². The van der Waals surface area contributed by atoms with Crippen LogP contribution in [-0.4, -0.2) is 6.61 Å². The minimum Gasteiger partial charge on any atom is -0.489 e. The van der Waals surface area contributed by atoms with Crippen LogP contribution in [0.3, 0.4) is 0 Å². The van der Waals surface area contributed by atoms with E-state index in [1.165, 1.54) is 5.56 Å². The monoisotopic (exact) mass is 238 g/mol. The Morgan fingerprint density at radius 1 is 1.25 bits per heavy atom. The first-order valence-corrected chi connectivity index (χ1v) is 5.86. The molecule has 0 unspecified atom stereocenters. The van der Waals surface area contributed by atoms with Gasteiger partial charge in [-0.2, -0.15) is 0 Å². The normalized spacial score (nSPS) is 12.7. The highest BCUT2D eigenvalue weighted by atomic mass is 35.5. The van der Waals surface area contributed by atoms with Crippen molar-refractivity contribution in [3.63, 3.8) is 0 Å². The van der Waals surface area contributed by atoms with Crippen LogP contribution >= 0.6 is 11.6 Å². The molecule has 0 aromatic heterocycles. The van der Waals surface area contributed by atoms with Gasteiger partial charge in [-0.05, 0) is 35.6 Å². The predicted molar refractivity (Wildman–Crippen MR) is 70.2 cm³/mol. The Morgan fingerprint density at radius 2 is 1.81 bits per heavy atom. The fourth-order valence-corrected chi connectivity index (χ4v) is 1.34. The first-order chi connectivity index (χ1) is 7.43. The fraction of sp³-hybridized carbons (Fsp3) is 0.429. The standard InChI is InChI=1S/C14H19ClO/c1-11(9-15)10-16-13-7-5-12(6-8-13)14(2,3)4/h5-9H,10H2,1-4H3/b11-9-. The molecular formula is C14H19ClO. The Bertz CT molecular complexity index is 357. The van der Waals surface area contributed by atoms with Gasteiger partial charge in [-0.1, -0.05) is 44.5 Å². The van der Waals surface area contributed by atoms with Crippen molar-refractivity contribution in [2.24, 2.45) is 0 Å². The minimum atomic E-state index is 0.185. The van der Waals surface area contributed by atoms with Crippen molar-refractivity contribution >= 4 is 11.6 Å². The Morgan fingerprint density at radius 3 is 2.25 bits per heavy atom. The van der Waals surface area contributed by atoms with E-state index in [0.717, 1.165) is 11.3 Å². The van der Waals surface area contributed by atoms with Crippen LogP contribution in [0.4, 0.5) is 0 Å². The van der Waals surface area contributed by atoms with E-state index in [0.29, 0.717) is 6.61 Å². The number of hydrogen-bond acceptors (Lipinski definition) is 1. The van der Waals surface area contributed by atoms with E-state index in [1.54, 1.807) is 5.54 Å². The van der Waals surface area contributed by atoms with E-state index in [4.69, 9.17) is 16.3 Å². The van der Waals surface area contributed by atoms with Crippen LogP contribution in [0.1, 0.15) is 33.3 Å². The van der Waals surface area contributed by atoms with Crippen LogP contribution in [-0.2, 0) is 5.41 Å². The number of rotatable bonds is 3. The summed E-state index contributed by atoms with van der Waals surface area (Å²) in [6.07, 6.45) is 0. The third-order valence-electron chi connectivity index (χ3n) is 2.37. The molecule has 1 aromatic carbocycles. The molecule has 1 rings (SSSR count). The van der Waals surface area contributed by atoms with Crippen molar-refractivity contribution in [1.82, 2.24) is 0 Å².